The van der Waals surface area contributed by atoms with Gasteiger partial charge in [-0.05, 0) is 260 Å². The molecule has 23 aromatic rings. The van der Waals surface area contributed by atoms with E-state index in [0.29, 0.717) is 0 Å². The SMILES string of the molecule is CC(C)(C)c1cccc(-c2cc3c4c(c2)N(c2c(-c5cccc6oc7ccccc7c56)cc(C(C)(C)C)cc2-c2cccc5sc6ccccc6c25)c2ccc(-c5cccc(-c6ccccc6)c5)cc2B4c2ccc(-c4cc(-c5ccccc5)cc(-c5ccccc5)c4)cc2N3c2c(-c3cccc4oc5ccccc5c34)cc(C(C)(C)C)cc2-c2cccc3oc4ccccc4c23)c1. The third-order valence-electron chi connectivity index (χ3n) is 28.1. The van der Waals surface area contributed by atoms with Crippen molar-refractivity contribution >= 4 is 155 Å². The number of rotatable bonds is 12. The first-order valence-electron chi connectivity index (χ1n) is 46.4. The number of hydrogen-bond acceptors (Lipinski definition) is 6. The predicted octanol–water partition coefficient (Wildman–Crippen LogP) is 34.4. The van der Waals surface area contributed by atoms with Gasteiger partial charge in [0.2, 0.25) is 0 Å². The first-order chi connectivity index (χ1) is 64.8. The lowest BCUT2D eigenvalue weighted by Crippen LogP contribution is -2.61. The number of nitrogens with zero attached hydrogens (tertiary/aromatic N) is 2. The zero-order valence-electron chi connectivity index (χ0n) is 75.7. The molecule has 6 heterocycles. The number of hydrogen-bond donors (Lipinski definition) is 0. The average molecular weight is 1730 g/mol. The van der Waals surface area contributed by atoms with Gasteiger partial charge in [-0.15, -0.1) is 11.3 Å². The molecule has 5 nitrogen and oxygen atoms in total. The van der Waals surface area contributed by atoms with Gasteiger partial charge in [0.25, 0.3) is 6.71 Å². The van der Waals surface area contributed by atoms with E-state index in [-0.39, 0.29) is 16.2 Å². The van der Waals surface area contributed by atoms with Crippen molar-refractivity contribution in [2.45, 2.75) is 78.6 Å². The number of fused-ring (bicyclic) bond motifs is 16. The quantitative estimate of drug-likeness (QED) is 0.114. The van der Waals surface area contributed by atoms with E-state index in [9.17, 15) is 0 Å². The third kappa shape index (κ3) is 13.2. The molecule has 0 atom stereocenters. The van der Waals surface area contributed by atoms with E-state index in [2.05, 4.69) is 472 Å². The van der Waals surface area contributed by atoms with Crippen molar-refractivity contribution in [3.05, 3.63) is 417 Å². The molecule has 0 bridgehead atoms. The second kappa shape index (κ2) is 30.5. The van der Waals surface area contributed by atoms with Gasteiger partial charge < -0.3 is 23.1 Å². The van der Waals surface area contributed by atoms with Gasteiger partial charge in [0, 0.05) is 97.5 Å². The average Bonchev–Trinajstić information content (AvgIpc) is 1.53. The van der Waals surface area contributed by atoms with Crippen LogP contribution in [0.1, 0.15) is 79.0 Å². The summed E-state index contributed by atoms with van der Waals surface area (Å²) in [7, 11) is 0. The number of thiophene rings is 1. The Morgan fingerprint density at radius 3 is 1.03 bits per heavy atom. The topological polar surface area (TPSA) is 45.9 Å². The second-order valence-electron chi connectivity index (χ2n) is 39.3. The Morgan fingerprint density at radius 2 is 0.541 bits per heavy atom. The molecule has 2 aliphatic heterocycles. The molecule has 634 valence electrons. The molecule has 0 radical (unpaired) electrons. The fourth-order valence-corrected chi connectivity index (χ4v) is 22.6. The highest BCUT2D eigenvalue weighted by Crippen LogP contribution is 2.60. The Bertz CT molecular complexity index is 8400. The molecular weight excluding hydrogens is 1630 g/mol. The summed E-state index contributed by atoms with van der Waals surface area (Å²) >= 11 is 1.87. The summed E-state index contributed by atoms with van der Waals surface area (Å²) in [5.74, 6) is 0. The molecule has 0 saturated heterocycles. The van der Waals surface area contributed by atoms with Gasteiger partial charge in [0.15, 0.2) is 0 Å². The van der Waals surface area contributed by atoms with E-state index in [1.807, 2.05) is 11.3 Å². The Morgan fingerprint density at radius 1 is 0.211 bits per heavy atom. The van der Waals surface area contributed by atoms with Crippen molar-refractivity contribution in [2.75, 3.05) is 9.80 Å². The zero-order chi connectivity index (χ0) is 89.4. The van der Waals surface area contributed by atoms with Crippen LogP contribution in [0.5, 0.6) is 0 Å². The first-order valence-corrected chi connectivity index (χ1v) is 47.2. The van der Waals surface area contributed by atoms with Crippen LogP contribution in [0.3, 0.4) is 0 Å². The molecule has 0 amide bonds. The van der Waals surface area contributed by atoms with E-state index in [1.165, 1.54) is 42.3 Å². The molecule has 2 aliphatic rings. The van der Waals surface area contributed by atoms with Crippen LogP contribution in [0.25, 0.3) is 197 Å². The summed E-state index contributed by atoms with van der Waals surface area (Å²) in [6, 6.07) is 151. The lowest BCUT2D eigenvalue weighted by Gasteiger charge is -2.46. The van der Waals surface area contributed by atoms with Crippen LogP contribution in [0.2, 0.25) is 0 Å². The van der Waals surface area contributed by atoms with Crippen molar-refractivity contribution in [3.63, 3.8) is 0 Å². The number of benzene rings is 19. The number of anilines is 6. The second-order valence-corrected chi connectivity index (χ2v) is 40.4. The van der Waals surface area contributed by atoms with Crippen LogP contribution < -0.4 is 26.2 Å². The van der Waals surface area contributed by atoms with Crippen molar-refractivity contribution in [3.8, 4) is 111 Å². The summed E-state index contributed by atoms with van der Waals surface area (Å²) in [6.07, 6.45) is 0. The van der Waals surface area contributed by atoms with Crippen LogP contribution in [-0.4, -0.2) is 6.71 Å². The smallest absolute Gasteiger partial charge is 0.252 e. The molecule has 0 fully saturated rings. The maximum atomic E-state index is 7.13. The summed E-state index contributed by atoms with van der Waals surface area (Å²) in [4.78, 5) is 5.53. The van der Waals surface area contributed by atoms with Gasteiger partial charge in [-0.1, -0.05) is 341 Å². The van der Waals surface area contributed by atoms with Gasteiger partial charge in [0.05, 0.1) is 11.4 Å². The minimum absolute atomic E-state index is 0.217. The molecule has 19 aromatic carbocycles. The van der Waals surface area contributed by atoms with Crippen molar-refractivity contribution < 1.29 is 13.3 Å². The van der Waals surface area contributed by atoms with Crippen LogP contribution in [0.4, 0.5) is 34.1 Å². The molecule has 0 spiro atoms. The minimum atomic E-state index is -0.422. The Balaban J connectivity index is 0.899. The molecule has 25 rings (SSSR count). The Labute approximate surface area is 778 Å². The van der Waals surface area contributed by atoms with Crippen molar-refractivity contribution in [1.82, 2.24) is 0 Å². The van der Waals surface area contributed by atoms with E-state index >= 15 is 0 Å². The lowest BCUT2D eigenvalue weighted by molar-refractivity contribution is 0.590. The molecule has 0 saturated carbocycles. The molecule has 0 unspecified atom stereocenters. The van der Waals surface area contributed by atoms with E-state index in [4.69, 9.17) is 13.3 Å². The van der Waals surface area contributed by atoms with E-state index < -0.39 is 6.71 Å². The van der Waals surface area contributed by atoms with Gasteiger partial charge >= 0.3 is 0 Å². The lowest BCUT2D eigenvalue weighted by atomic mass is 9.33. The van der Waals surface area contributed by atoms with E-state index in [0.717, 1.165) is 222 Å². The van der Waals surface area contributed by atoms with Gasteiger partial charge in [-0.25, -0.2) is 0 Å². The predicted molar refractivity (Wildman–Crippen MR) is 566 cm³/mol. The first kappa shape index (κ1) is 79.6. The number of para-hydroxylation sites is 3. The highest BCUT2D eigenvalue weighted by atomic mass is 32.1. The molecule has 4 aromatic heterocycles. The van der Waals surface area contributed by atoms with Crippen LogP contribution in [0, 0.1) is 0 Å². The summed E-state index contributed by atoms with van der Waals surface area (Å²) < 4.78 is 23.8. The van der Waals surface area contributed by atoms with E-state index in [1.54, 1.807) is 0 Å². The van der Waals surface area contributed by atoms with Crippen LogP contribution >= 0.6 is 11.3 Å². The Hall–Kier alpha value is -15.5. The van der Waals surface area contributed by atoms with Crippen molar-refractivity contribution in [2.24, 2.45) is 0 Å². The van der Waals surface area contributed by atoms with Gasteiger partial charge in [0.1, 0.15) is 33.5 Å². The maximum Gasteiger partial charge on any atom is 0.252 e. The summed E-state index contributed by atoms with van der Waals surface area (Å²) in [5.41, 5.74) is 39.5. The fourth-order valence-electron chi connectivity index (χ4n) is 21.5. The maximum absolute atomic E-state index is 7.13. The summed E-state index contributed by atoms with van der Waals surface area (Å²) in [5, 5.41) is 8.76. The molecule has 0 N–H and O–H groups in total. The largest absolute Gasteiger partial charge is 0.456 e. The minimum Gasteiger partial charge on any atom is -0.456 e. The van der Waals surface area contributed by atoms with Crippen LogP contribution in [0.15, 0.2) is 414 Å². The molecule has 0 aliphatic carbocycles. The molecule has 133 heavy (non-hydrogen) atoms. The highest BCUT2D eigenvalue weighted by molar-refractivity contribution is 7.26. The Kier molecular flexibility index (Phi) is 18.3. The number of furan rings is 3. The van der Waals surface area contributed by atoms with Crippen molar-refractivity contribution in [1.29, 1.82) is 0 Å². The van der Waals surface area contributed by atoms with Crippen LogP contribution in [-0.2, 0) is 16.2 Å². The molecule has 7 heteroatoms. The standard InChI is InChI=1S/C126H93BN2O3S/c1-124(2,3)88-42-28-41-81(67-88)87-70-107-121-108(71-87)129(123-100(92-48-30-55-113-118(92)96-44-20-24-52-110(96)131-113)73-89(125(4,5)6)74-101(123)93-49-31-56-114-119(93)97-45-21-25-53-111(97)132-114)106-69-83(86-65-84(77-35-15-11-16-36-77)64-85(66-86)78-37-17-12-18-38-78)59-61-103(106)127(121)104-68-82(80-40-27-39-79(63-80)76-33-13-10-14-34-76)60-62-105(104)128(107)122-99(91-47-29-54-112-117(91)95-43-19-23-51-109(95)130-112)72-90(126(7,8)9)75-102(122)94-50-32-58-116-120(94)98-46-22-26-57-115(98)133-116/h10-75H,1-9H3. The van der Waals surface area contributed by atoms with Gasteiger partial charge in [-0.3, -0.25) is 0 Å². The third-order valence-corrected chi connectivity index (χ3v) is 29.2. The molecular formula is C126H93BN2O3S. The van der Waals surface area contributed by atoms with Gasteiger partial charge in [-0.2, -0.15) is 0 Å². The fraction of sp³-hybridized carbons (Fsp3) is 0.0952. The summed E-state index contributed by atoms with van der Waals surface area (Å²) in [6.45, 7) is 20.9. The zero-order valence-corrected chi connectivity index (χ0v) is 76.5. The highest BCUT2D eigenvalue weighted by Gasteiger charge is 2.47. The normalized spacial score (nSPS) is 12.8. The monoisotopic (exact) mass is 1720 g/mol.